The Balaban J connectivity index is 2.38. The molecule has 0 bridgehead atoms. The minimum absolute atomic E-state index is 0.00808. The van der Waals surface area contributed by atoms with E-state index in [1.165, 1.54) is 6.07 Å². The molecule has 0 fully saturated rings. The van der Waals surface area contributed by atoms with Gasteiger partial charge in [0, 0.05) is 13.2 Å². The Morgan fingerprint density at radius 3 is 2.89 bits per heavy atom. The van der Waals surface area contributed by atoms with E-state index in [1.807, 2.05) is 0 Å². The predicted octanol–water partition coefficient (Wildman–Crippen LogP) is 1.24. The van der Waals surface area contributed by atoms with Crippen molar-refractivity contribution in [2.24, 2.45) is 0 Å². The monoisotopic (exact) mass is 274 g/mol. The fourth-order valence-corrected chi connectivity index (χ4v) is 1.43. The zero-order valence-electron chi connectivity index (χ0n) is 9.73. The van der Waals surface area contributed by atoms with Crippen molar-refractivity contribution in [2.45, 2.75) is 6.42 Å². The number of aliphatic hydroxyl groups is 1. The molecule has 0 spiro atoms. The summed E-state index contributed by atoms with van der Waals surface area (Å²) >= 11 is 5.69. The van der Waals surface area contributed by atoms with E-state index in [4.69, 9.17) is 26.6 Å². The zero-order chi connectivity index (χ0) is 13.4. The number of aliphatic hydroxyl groups excluding tert-OH is 1. The number of pyridine rings is 1. The summed E-state index contributed by atoms with van der Waals surface area (Å²) in [4.78, 5) is 14.7. The van der Waals surface area contributed by atoms with E-state index < -0.39 is 5.97 Å². The van der Waals surface area contributed by atoms with Gasteiger partial charge in [0.05, 0.1) is 18.2 Å². The Bertz CT molecular complexity index is 401. The van der Waals surface area contributed by atoms with Crippen molar-refractivity contribution < 1.29 is 19.7 Å². The smallest absolute Gasteiger partial charge is 0.356 e. The van der Waals surface area contributed by atoms with Gasteiger partial charge < -0.3 is 20.3 Å². The van der Waals surface area contributed by atoms with Gasteiger partial charge in [0.1, 0.15) is 5.82 Å². The van der Waals surface area contributed by atoms with E-state index >= 15 is 0 Å². The molecule has 0 aliphatic heterocycles. The Labute approximate surface area is 110 Å². The molecule has 0 aromatic carbocycles. The number of rotatable bonds is 8. The summed E-state index contributed by atoms with van der Waals surface area (Å²) in [6.07, 6.45) is 0.729. The van der Waals surface area contributed by atoms with Gasteiger partial charge in [0.15, 0.2) is 5.69 Å². The molecule has 0 radical (unpaired) electrons. The number of carbonyl (C=O) groups is 1. The molecule has 6 nitrogen and oxygen atoms in total. The summed E-state index contributed by atoms with van der Waals surface area (Å²) in [6, 6.07) is 3.10. The van der Waals surface area contributed by atoms with Gasteiger partial charge in [-0.25, -0.2) is 9.78 Å². The molecule has 0 saturated heterocycles. The average Bonchev–Trinajstić information content (AvgIpc) is 2.35. The highest BCUT2D eigenvalue weighted by molar-refractivity contribution is 6.33. The quantitative estimate of drug-likeness (QED) is 0.618. The standard InChI is InChI=1S/C11H15ClN2O4/c12-8-2-3-9(14-10(8)11(16)17)13-4-1-6-18-7-5-15/h2-3,15H,1,4-7H2,(H,13,14)(H,16,17). The molecular weight excluding hydrogens is 260 g/mol. The molecule has 0 atom stereocenters. The maximum Gasteiger partial charge on any atom is 0.356 e. The minimum atomic E-state index is -1.16. The molecule has 1 aromatic heterocycles. The Hall–Kier alpha value is -1.37. The highest BCUT2D eigenvalue weighted by Gasteiger charge is 2.10. The number of nitrogens with one attached hydrogen (secondary N) is 1. The first-order chi connectivity index (χ1) is 8.65. The lowest BCUT2D eigenvalue weighted by Crippen LogP contribution is -2.10. The lowest BCUT2D eigenvalue weighted by atomic mass is 10.3. The minimum Gasteiger partial charge on any atom is -0.476 e. The topological polar surface area (TPSA) is 91.7 Å². The lowest BCUT2D eigenvalue weighted by molar-refractivity contribution is 0.0691. The van der Waals surface area contributed by atoms with Gasteiger partial charge in [-0.05, 0) is 18.6 Å². The summed E-state index contributed by atoms with van der Waals surface area (Å²) in [6.45, 7) is 1.45. The molecule has 3 N–H and O–H groups in total. The number of aromatic carboxylic acids is 1. The molecule has 1 heterocycles. The number of aromatic nitrogens is 1. The summed E-state index contributed by atoms with van der Waals surface area (Å²) in [5.41, 5.74) is -0.168. The fourth-order valence-electron chi connectivity index (χ4n) is 1.25. The number of anilines is 1. The summed E-state index contributed by atoms with van der Waals surface area (Å²) in [5, 5.41) is 20.4. The van der Waals surface area contributed by atoms with Crippen molar-refractivity contribution in [3.8, 4) is 0 Å². The third kappa shape index (κ3) is 4.87. The largest absolute Gasteiger partial charge is 0.476 e. The maximum atomic E-state index is 10.8. The van der Waals surface area contributed by atoms with Gasteiger partial charge in [0.2, 0.25) is 0 Å². The van der Waals surface area contributed by atoms with Gasteiger partial charge in [-0.3, -0.25) is 0 Å². The fraction of sp³-hybridized carbons (Fsp3) is 0.455. The number of ether oxygens (including phenoxy) is 1. The van der Waals surface area contributed by atoms with Crippen molar-refractivity contribution in [2.75, 3.05) is 31.7 Å². The molecule has 7 heteroatoms. The molecule has 0 saturated carbocycles. The van der Waals surface area contributed by atoms with E-state index in [2.05, 4.69) is 10.3 Å². The van der Waals surface area contributed by atoms with Crippen LogP contribution in [0, 0.1) is 0 Å². The Morgan fingerprint density at radius 1 is 1.44 bits per heavy atom. The molecular formula is C11H15ClN2O4. The van der Waals surface area contributed by atoms with Gasteiger partial charge in [-0.2, -0.15) is 0 Å². The first kappa shape index (κ1) is 14.7. The van der Waals surface area contributed by atoms with E-state index in [0.717, 1.165) is 6.42 Å². The highest BCUT2D eigenvalue weighted by Crippen LogP contribution is 2.16. The molecule has 100 valence electrons. The molecule has 0 unspecified atom stereocenters. The lowest BCUT2D eigenvalue weighted by Gasteiger charge is -2.07. The van der Waals surface area contributed by atoms with Crippen LogP contribution in [-0.4, -0.2) is 47.5 Å². The van der Waals surface area contributed by atoms with Crippen LogP contribution in [0.5, 0.6) is 0 Å². The summed E-state index contributed by atoms with van der Waals surface area (Å²) in [5.74, 6) is -0.700. The van der Waals surface area contributed by atoms with E-state index in [1.54, 1.807) is 6.07 Å². The molecule has 0 amide bonds. The van der Waals surface area contributed by atoms with Crippen LogP contribution in [0.15, 0.2) is 12.1 Å². The molecule has 0 aliphatic carbocycles. The number of hydrogen-bond acceptors (Lipinski definition) is 5. The van der Waals surface area contributed by atoms with E-state index in [9.17, 15) is 4.79 Å². The first-order valence-corrected chi connectivity index (χ1v) is 5.85. The van der Waals surface area contributed by atoms with Crippen LogP contribution in [0.4, 0.5) is 5.82 Å². The second-order valence-corrected chi connectivity index (χ2v) is 3.86. The third-order valence-corrected chi connectivity index (χ3v) is 2.36. The van der Waals surface area contributed by atoms with Crippen LogP contribution >= 0.6 is 11.6 Å². The second-order valence-electron chi connectivity index (χ2n) is 3.45. The van der Waals surface area contributed by atoms with Crippen LogP contribution in [0.3, 0.4) is 0 Å². The van der Waals surface area contributed by atoms with Gasteiger partial charge in [0.25, 0.3) is 0 Å². The Kier molecular flexibility index (Phi) is 6.42. The summed E-state index contributed by atoms with van der Waals surface area (Å²) < 4.78 is 5.08. The number of hydrogen-bond donors (Lipinski definition) is 3. The number of halogens is 1. The molecule has 1 aromatic rings. The van der Waals surface area contributed by atoms with Crippen molar-refractivity contribution in [1.29, 1.82) is 0 Å². The van der Waals surface area contributed by atoms with Crippen LogP contribution in [-0.2, 0) is 4.74 Å². The number of carboxylic acid groups (broad SMARTS) is 1. The highest BCUT2D eigenvalue weighted by atomic mass is 35.5. The van der Waals surface area contributed by atoms with Gasteiger partial charge in [-0.15, -0.1) is 0 Å². The van der Waals surface area contributed by atoms with Crippen molar-refractivity contribution in [3.63, 3.8) is 0 Å². The van der Waals surface area contributed by atoms with E-state index in [-0.39, 0.29) is 17.3 Å². The van der Waals surface area contributed by atoms with E-state index in [0.29, 0.717) is 25.6 Å². The predicted molar refractivity (Wildman–Crippen MR) is 67.2 cm³/mol. The van der Waals surface area contributed by atoms with Gasteiger partial charge >= 0.3 is 5.97 Å². The maximum absolute atomic E-state index is 10.8. The molecule has 18 heavy (non-hydrogen) atoms. The average molecular weight is 275 g/mol. The number of nitrogens with zero attached hydrogens (tertiary/aromatic N) is 1. The van der Waals surface area contributed by atoms with Crippen molar-refractivity contribution in [3.05, 3.63) is 22.8 Å². The number of carboxylic acids is 1. The van der Waals surface area contributed by atoms with Crippen LogP contribution < -0.4 is 5.32 Å². The van der Waals surface area contributed by atoms with Crippen LogP contribution in [0.25, 0.3) is 0 Å². The van der Waals surface area contributed by atoms with Crippen LogP contribution in [0.1, 0.15) is 16.9 Å². The Morgan fingerprint density at radius 2 is 2.22 bits per heavy atom. The van der Waals surface area contributed by atoms with Gasteiger partial charge in [-0.1, -0.05) is 11.6 Å². The SMILES string of the molecule is O=C(O)c1nc(NCCCOCCO)ccc1Cl. The molecule has 1 rings (SSSR count). The van der Waals surface area contributed by atoms with Crippen molar-refractivity contribution in [1.82, 2.24) is 4.98 Å². The van der Waals surface area contributed by atoms with Crippen molar-refractivity contribution >= 4 is 23.4 Å². The van der Waals surface area contributed by atoms with Crippen LogP contribution in [0.2, 0.25) is 5.02 Å². The zero-order valence-corrected chi connectivity index (χ0v) is 10.5. The third-order valence-electron chi connectivity index (χ3n) is 2.06. The summed E-state index contributed by atoms with van der Waals surface area (Å²) in [7, 11) is 0. The normalized spacial score (nSPS) is 10.3. The molecule has 0 aliphatic rings. The second kappa shape index (κ2) is 7.86. The first-order valence-electron chi connectivity index (χ1n) is 5.47.